The summed E-state index contributed by atoms with van der Waals surface area (Å²) < 4.78 is 2.45. The quantitative estimate of drug-likeness (QED) is 0.440. The van der Waals surface area contributed by atoms with Gasteiger partial charge in [-0.1, -0.05) is 46.2 Å². The van der Waals surface area contributed by atoms with E-state index < -0.39 is 6.17 Å². The number of H-pyrrole nitrogens is 1. The molecule has 1 atom stereocenters. The van der Waals surface area contributed by atoms with Crippen LogP contribution < -0.4 is 15.1 Å². The number of anilines is 1. The number of hydrogen-bond acceptors (Lipinski definition) is 4. The van der Waals surface area contributed by atoms with E-state index in [-0.39, 0.29) is 11.5 Å². The first kappa shape index (κ1) is 20.1. The molecule has 1 amide bonds. The van der Waals surface area contributed by atoms with Crippen LogP contribution in [0.2, 0.25) is 5.02 Å². The van der Waals surface area contributed by atoms with Gasteiger partial charge in [0.1, 0.15) is 0 Å². The summed E-state index contributed by atoms with van der Waals surface area (Å²) in [4.78, 5) is 30.6. The molecule has 0 fully saturated rings. The molecule has 1 N–H and O–H groups in total. The van der Waals surface area contributed by atoms with Gasteiger partial charge in [0, 0.05) is 26.6 Å². The molecule has 0 saturated heterocycles. The second-order valence-electron chi connectivity index (χ2n) is 6.46. The lowest BCUT2D eigenvalue weighted by molar-refractivity contribution is -0.763. The van der Waals surface area contributed by atoms with E-state index in [0.29, 0.717) is 33.5 Å². The molecular weight excluding hydrogens is 476 g/mol. The predicted octanol–water partition coefficient (Wildman–Crippen LogP) is 4.17. The summed E-state index contributed by atoms with van der Waals surface area (Å²) in [6.45, 7) is 1.82. The number of nitrogens with zero attached hydrogens (tertiary/aromatic N) is 3. The minimum atomic E-state index is -0.600. The molecule has 0 spiro atoms. The van der Waals surface area contributed by atoms with Crippen molar-refractivity contribution in [1.29, 1.82) is 0 Å². The van der Waals surface area contributed by atoms with Gasteiger partial charge in [-0.05, 0) is 53.4 Å². The molecular formula is C20H17BrClN4O2S+. The number of halogens is 2. The van der Waals surface area contributed by atoms with Crippen molar-refractivity contribution >= 4 is 50.9 Å². The Morgan fingerprint density at radius 2 is 2.03 bits per heavy atom. The first-order valence-electron chi connectivity index (χ1n) is 8.92. The molecule has 0 saturated carbocycles. The van der Waals surface area contributed by atoms with Crippen LogP contribution in [-0.2, 0) is 4.79 Å². The summed E-state index contributed by atoms with van der Waals surface area (Å²) >= 11 is 10.9. The van der Waals surface area contributed by atoms with Gasteiger partial charge in [-0.2, -0.15) is 0 Å². The van der Waals surface area contributed by atoms with Crippen molar-refractivity contribution in [1.82, 2.24) is 10.1 Å². The van der Waals surface area contributed by atoms with Gasteiger partial charge >= 0.3 is 11.3 Å². The normalized spacial score (nSPS) is 15.0. The first-order valence-corrected chi connectivity index (χ1v) is 11.3. The molecule has 9 heteroatoms. The summed E-state index contributed by atoms with van der Waals surface area (Å²) in [6, 6.07) is 12.8. The second kappa shape index (κ2) is 7.93. The minimum Gasteiger partial charge on any atom is -0.291 e. The van der Waals surface area contributed by atoms with E-state index in [0.717, 1.165) is 10.0 Å². The topological polar surface area (TPSA) is 69.9 Å². The molecule has 1 aliphatic heterocycles. The van der Waals surface area contributed by atoms with Crippen LogP contribution in [0, 0.1) is 0 Å². The summed E-state index contributed by atoms with van der Waals surface area (Å²) in [6.07, 6.45) is 1.55. The molecule has 148 valence electrons. The zero-order valence-electron chi connectivity index (χ0n) is 15.6. The van der Waals surface area contributed by atoms with Crippen molar-refractivity contribution in [3.05, 3.63) is 67.9 Å². The van der Waals surface area contributed by atoms with E-state index in [1.54, 1.807) is 21.7 Å². The maximum atomic E-state index is 13.1. The van der Waals surface area contributed by atoms with Crippen LogP contribution in [0.15, 0.2) is 56.9 Å². The average Bonchev–Trinajstić information content (AvgIpc) is 2.72. The van der Waals surface area contributed by atoms with Gasteiger partial charge in [0.05, 0.1) is 11.3 Å². The SMILES string of the molecule is CCC(=O)N1c2ccc(Br)cc2-c2c(=O)[nH]c(SC)n[n+]2C1c1ccc(Cl)cc1. The van der Waals surface area contributed by atoms with E-state index in [1.165, 1.54) is 11.8 Å². The molecule has 1 unspecified atom stereocenters. The van der Waals surface area contributed by atoms with Crippen molar-refractivity contribution in [2.45, 2.75) is 24.7 Å². The van der Waals surface area contributed by atoms with E-state index >= 15 is 0 Å². The molecule has 0 bridgehead atoms. The van der Waals surface area contributed by atoms with E-state index in [1.807, 2.05) is 43.5 Å². The average molecular weight is 493 g/mol. The fraction of sp³-hybridized carbons (Fsp3) is 0.200. The van der Waals surface area contributed by atoms with E-state index in [2.05, 4.69) is 26.0 Å². The third-order valence-corrected chi connectivity index (χ3v) is 6.06. The maximum Gasteiger partial charge on any atom is 0.325 e. The number of aromatic nitrogens is 3. The maximum absolute atomic E-state index is 13.1. The lowest BCUT2D eigenvalue weighted by atomic mass is 10.0. The summed E-state index contributed by atoms with van der Waals surface area (Å²) in [5.41, 5.74) is 2.27. The Balaban J connectivity index is 2.09. The predicted molar refractivity (Wildman–Crippen MR) is 117 cm³/mol. The van der Waals surface area contributed by atoms with Crippen LogP contribution >= 0.6 is 39.3 Å². The number of fused-ring (bicyclic) bond motifs is 3. The van der Waals surface area contributed by atoms with Crippen LogP contribution in [-0.4, -0.2) is 22.2 Å². The smallest absolute Gasteiger partial charge is 0.291 e. The molecule has 1 aromatic heterocycles. The van der Waals surface area contributed by atoms with Gasteiger partial charge in [0.15, 0.2) is 0 Å². The van der Waals surface area contributed by atoms with Gasteiger partial charge in [-0.25, -0.2) is 4.90 Å². The largest absolute Gasteiger partial charge is 0.325 e. The zero-order chi connectivity index (χ0) is 20.7. The lowest BCUT2D eigenvalue weighted by Gasteiger charge is -2.32. The Morgan fingerprint density at radius 1 is 1.31 bits per heavy atom. The Bertz CT molecular complexity index is 1170. The number of aromatic amines is 1. The number of carbonyl (C=O) groups is 1. The molecule has 29 heavy (non-hydrogen) atoms. The van der Waals surface area contributed by atoms with Crippen LogP contribution in [0.4, 0.5) is 5.69 Å². The Morgan fingerprint density at radius 3 is 2.69 bits per heavy atom. The molecule has 0 radical (unpaired) electrons. The molecule has 2 aromatic carbocycles. The highest BCUT2D eigenvalue weighted by molar-refractivity contribution is 9.10. The summed E-state index contributed by atoms with van der Waals surface area (Å²) in [7, 11) is 0. The van der Waals surface area contributed by atoms with E-state index in [9.17, 15) is 9.59 Å². The molecule has 2 heterocycles. The van der Waals surface area contributed by atoms with E-state index in [4.69, 9.17) is 11.6 Å². The molecule has 4 rings (SSSR count). The zero-order valence-corrected chi connectivity index (χ0v) is 18.8. The summed E-state index contributed by atoms with van der Waals surface area (Å²) in [5, 5.41) is 5.72. The monoisotopic (exact) mass is 491 g/mol. The highest BCUT2D eigenvalue weighted by Crippen LogP contribution is 2.39. The van der Waals surface area contributed by atoms with Gasteiger partial charge < -0.3 is 0 Å². The standard InChI is InChI=1S/C20H16BrClN4O2S/c1-3-16(27)25-15-9-6-12(21)10-14(15)17-18(28)23-20(29-2)24-26(17)19(25)11-4-7-13(22)8-5-11/h4-10,19H,3H2,1-2H3/p+1. The van der Waals surface area contributed by atoms with Crippen molar-refractivity contribution < 1.29 is 9.48 Å². The van der Waals surface area contributed by atoms with Crippen LogP contribution in [0.3, 0.4) is 0 Å². The Hall–Kier alpha value is -2.16. The molecule has 0 aliphatic carbocycles. The number of nitrogens with one attached hydrogen (secondary N) is 1. The van der Waals surface area contributed by atoms with Gasteiger partial charge in [0.25, 0.3) is 6.17 Å². The van der Waals surface area contributed by atoms with Crippen molar-refractivity contribution in [3.8, 4) is 11.3 Å². The van der Waals surface area contributed by atoms with Crippen LogP contribution in [0.5, 0.6) is 0 Å². The lowest BCUT2D eigenvalue weighted by Crippen LogP contribution is -2.60. The van der Waals surface area contributed by atoms with Crippen molar-refractivity contribution in [2.75, 3.05) is 11.2 Å². The third-order valence-electron chi connectivity index (χ3n) is 4.75. The fourth-order valence-electron chi connectivity index (χ4n) is 3.46. The van der Waals surface area contributed by atoms with Gasteiger partial charge in [0.2, 0.25) is 11.1 Å². The second-order valence-corrected chi connectivity index (χ2v) is 8.61. The van der Waals surface area contributed by atoms with Crippen LogP contribution in [0.1, 0.15) is 25.1 Å². The number of thioether (sulfide) groups is 1. The number of amides is 1. The fourth-order valence-corrected chi connectivity index (χ4v) is 4.31. The molecule has 1 aliphatic rings. The minimum absolute atomic E-state index is 0.0699. The first-order chi connectivity index (χ1) is 13.9. The summed E-state index contributed by atoms with van der Waals surface area (Å²) in [5.74, 6) is -0.0699. The van der Waals surface area contributed by atoms with Crippen LogP contribution in [0.25, 0.3) is 11.3 Å². The number of benzene rings is 2. The van der Waals surface area contributed by atoms with Crippen molar-refractivity contribution in [3.63, 3.8) is 0 Å². The Kier molecular flexibility index (Phi) is 5.50. The highest BCUT2D eigenvalue weighted by Gasteiger charge is 2.45. The van der Waals surface area contributed by atoms with Gasteiger partial charge in [-0.15, -0.1) is 0 Å². The Labute approximate surface area is 185 Å². The number of carbonyl (C=O) groups excluding carboxylic acids is 1. The molecule has 3 aromatic rings. The third kappa shape index (κ3) is 3.49. The highest BCUT2D eigenvalue weighted by atomic mass is 79.9. The van der Waals surface area contributed by atoms with Crippen molar-refractivity contribution in [2.24, 2.45) is 0 Å². The molecule has 6 nitrogen and oxygen atoms in total. The number of rotatable bonds is 3. The van der Waals surface area contributed by atoms with Gasteiger partial charge in [-0.3, -0.25) is 14.6 Å². The number of hydrogen-bond donors (Lipinski definition) is 1.